The number of carbonyl (C=O) groups excluding carboxylic acids is 2. The maximum Gasteiger partial charge on any atom is 0.295 e. The Bertz CT molecular complexity index is 1190. The number of nitrogens with zero attached hydrogens (tertiary/aromatic N) is 3. The molecule has 0 unspecified atom stereocenters. The van der Waals surface area contributed by atoms with E-state index in [1.807, 2.05) is 0 Å². The summed E-state index contributed by atoms with van der Waals surface area (Å²) in [5.41, 5.74) is 0.0678. The van der Waals surface area contributed by atoms with E-state index < -0.39 is 34.2 Å². The number of halogens is 1. The molecule has 0 spiro atoms. The number of aliphatic hydroxyl groups excluding tert-OH is 1. The van der Waals surface area contributed by atoms with Crippen LogP contribution in [0.3, 0.4) is 0 Å². The number of rotatable bonds is 8. The molecule has 0 bridgehead atoms. The number of morpholine rings is 1. The molecule has 190 valence electrons. The largest absolute Gasteiger partial charge is 0.507 e. The molecule has 1 atom stereocenters. The van der Waals surface area contributed by atoms with Crippen molar-refractivity contribution in [1.82, 2.24) is 9.80 Å². The SMILES string of the molecule is COc1ccc(C(O)=C2C(=O)C(=O)N(CCCN3CCOCC3)[C@H]2c2ccc([N+](=O)[O-])cc2)cc1F. The first kappa shape index (κ1) is 25.3. The predicted molar refractivity (Wildman–Crippen MR) is 127 cm³/mol. The van der Waals surface area contributed by atoms with Crippen LogP contribution in [0.4, 0.5) is 10.1 Å². The summed E-state index contributed by atoms with van der Waals surface area (Å²) in [4.78, 5) is 40.3. The second-order valence-corrected chi connectivity index (χ2v) is 8.50. The zero-order valence-electron chi connectivity index (χ0n) is 19.7. The molecule has 2 aliphatic heterocycles. The van der Waals surface area contributed by atoms with E-state index in [2.05, 4.69) is 4.90 Å². The zero-order chi connectivity index (χ0) is 25.8. The molecule has 0 saturated carbocycles. The molecule has 2 aromatic carbocycles. The fourth-order valence-electron chi connectivity index (χ4n) is 4.49. The van der Waals surface area contributed by atoms with Gasteiger partial charge in [0.1, 0.15) is 5.76 Å². The Morgan fingerprint density at radius 1 is 1.17 bits per heavy atom. The minimum Gasteiger partial charge on any atom is -0.507 e. The number of benzene rings is 2. The third-order valence-corrected chi connectivity index (χ3v) is 6.36. The molecule has 2 fully saturated rings. The van der Waals surface area contributed by atoms with E-state index in [9.17, 15) is 29.2 Å². The second kappa shape index (κ2) is 10.8. The molecule has 1 N–H and O–H groups in total. The first-order valence-electron chi connectivity index (χ1n) is 11.5. The van der Waals surface area contributed by atoms with E-state index in [1.165, 1.54) is 48.4 Å². The summed E-state index contributed by atoms with van der Waals surface area (Å²) in [6.45, 7) is 3.71. The predicted octanol–water partition coefficient (Wildman–Crippen LogP) is 2.89. The highest BCUT2D eigenvalue weighted by Crippen LogP contribution is 2.40. The third-order valence-electron chi connectivity index (χ3n) is 6.36. The molecule has 11 heteroatoms. The Hall–Kier alpha value is -3.83. The van der Waals surface area contributed by atoms with Crippen molar-refractivity contribution < 1.29 is 33.5 Å². The van der Waals surface area contributed by atoms with Crippen molar-refractivity contribution >= 4 is 23.1 Å². The van der Waals surface area contributed by atoms with Crippen molar-refractivity contribution in [2.75, 3.05) is 46.5 Å². The van der Waals surface area contributed by atoms with Crippen molar-refractivity contribution in [3.8, 4) is 5.75 Å². The lowest BCUT2D eigenvalue weighted by Gasteiger charge is -2.29. The van der Waals surface area contributed by atoms with Crippen molar-refractivity contribution in [2.24, 2.45) is 0 Å². The molecular formula is C25H26FN3O7. The number of hydrogen-bond donors (Lipinski definition) is 1. The molecule has 2 aromatic rings. The molecule has 2 aliphatic rings. The lowest BCUT2D eigenvalue weighted by Crippen LogP contribution is -2.38. The Morgan fingerprint density at radius 2 is 1.86 bits per heavy atom. The summed E-state index contributed by atoms with van der Waals surface area (Å²) in [7, 11) is 1.30. The fraction of sp³-hybridized carbons (Fsp3) is 0.360. The summed E-state index contributed by atoms with van der Waals surface area (Å²) in [5, 5.41) is 22.2. The number of nitro benzene ring substituents is 1. The topological polar surface area (TPSA) is 122 Å². The monoisotopic (exact) mass is 499 g/mol. The number of nitro groups is 1. The Labute approximate surface area is 206 Å². The van der Waals surface area contributed by atoms with Gasteiger partial charge in [0, 0.05) is 43.9 Å². The smallest absolute Gasteiger partial charge is 0.295 e. The fourth-order valence-corrected chi connectivity index (χ4v) is 4.49. The summed E-state index contributed by atoms with van der Waals surface area (Å²) < 4.78 is 24.6. The van der Waals surface area contributed by atoms with Crippen molar-refractivity contribution in [2.45, 2.75) is 12.5 Å². The number of non-ortho nitro benzene ring substituents is 1. The first-order valence-corrected chi connectivity index (χ1v) is 11.5. The molecule has 1 amide bonds. The van der Waals surface area contributed by atoms with Gasteiger partial charge in [-0.3, -0.25) is 24.6 Å². The number of Topliss-reactive ketones (excluding diaryl/α,β-unsaturated/α-hetero) is 1. The highest BCUT2D eigenvalue weighted by atomic mass is 19.1. The number of carbonyl (C=O) groups is 2. The van der Waals surface area contributed by atoms with E-state index >= 15 is 0 Å². The quantitative estimate of drug-likeness (QED) is 0.193. The Kier molecular flexibility index (Phi) is 7.61. The highest BCUT2D eigenvalue weighted by molar-refractivity contribution is 6.46. The van der Waals surface area contributed by atoms with Gasteiger partial charge in [0.05, 0.1) is 36.9 Å². The van der Waals surface area contributed by atoms with Gasteiger partial charge in [-0.25, -0.2) is 4.39 Å². The van der Waals surface area contributed by atoms with E-state index in [1.54, 1.807) is 0 Å². The molecule has 10 nitrogen and oxygen atoms in total. The molecule has 0 aliphatic carbocycles. The molecular weight excluding hydrogens is 473 g/mol. The van der Waals surface area contributed by atoms with Crippen LogP contribution < -0.4 is 4.74 Å². The molecule has 0 radical (unpaired) electrons. The molecule has 2 saturated heterocycles. The van der Waals surface area contributed by atoms with Crippen LogP contribution in [0.5, 0.6) is 5.75 Å². The van der Waals surface area contributed by atoms with Gasteiger partial charge in [-0.05, 0) is 42.3 Å². The van der Waals surface area contributed by atoms with Crippen molar-refractivity contribution in [3.05, 3.63) is 75.1 Å². The summed E-state index contributed by atoms with van der Waals surface area (Å²) >= 11 is 0. The number of ether oxygens (including phenoxy) is 2. The Morgan fingerprint density at radius 3 is 2.47 bits per heavy atom. The van der Waals surface area contributed by atoms with Crippen molar-refractivity contribution in [3.63, 3.8) is 0 Å². The standard InChI is InChI=1S/C25H26FN3O7/c1-35-20-8-5-17(15-19(20)26)23(30)21-22(16-3-6-18(7-4-16)29(33)34)28(25(32)24(21)31)10-2-9-27-11-13-36-14-12-27/h3-8,15,22,30H,2,9-14H2,1H3/t22-/m0/s1. The van der Waals surface area contributed by atoms with Crippen LogP contribution in [0.1, 0.15) is 23.6 Å². The average Bonchev–Trinajstić information content (AvgIpc) is 3.14. The van der Waals surface area contributed by atoms with Gasteiger partial charge in [-0.2, -0.15) is 0 Å². The van der Waals surface area contributed by atoms with E-state index in [4.69, 9.17) is 9.47 Å². The number of amides is 1. The highest BCUT2D eigenvalue weighted by Gasteiger charge is 2.46. The van der Waals surface area contributed by atoms with Crippen LogP contribution in [0.25, 0.3) is 5.76 Å². The van der Waals surface area contributed by atoms with Crippen molar-refractivity contribution in [1.29, 1.82) is 0 Å². The van der Waals surface area contributed by atoms with Crippen LogP contribution in [0.2, 0.25) is 0 Å². The van der Waals surface area contributed by atoms with Crippen LogP contribution in [-0.2, 0) is 14.3 Å². The second-order valence-electron chi connectivity index (χ2n) is 8.50. The molecule has 36 heavy (non-hydrogen) atoms. The third kappa shape index (κ3) is 5.07. The number of likely N-dealkylation sites (tertiary alicyclic amines) is 1. The van der Waals surface area contributed by atoms with Gasteiger partial charge in [0.15, 0.2) is 11.6 Å². The number of hydrogen-bond acceptors (Lipinski definition) is 8. The lowest BCUT2D eigenvalue weighted by molar-refractivity contribution is -0.384. The summed E-state index contributed by atoms with van der Waals surface area (Å²) in [6.07, 6.45) is 0.563. The normalized spacial score (nSPS) is 20.1. The lowest BCUT2D eigenvalue weighted by atomic mass is 9.95. The molecule has 4 rings (SSSR count). The van der Waals surface area contributed by atoms with E-state index in [0.717, 1.165) is 19.2 Å². The summed E-state index contributed by atoms with van der Waals surface area (Å²) in [5.74, 6) is -3.02. The van der Waals surface area contributed by atoms with Gasteiger partial charge in [0.25, 0.3) is 17.4 Å². The van der Waals surface area contributed by atoms with Crippen LogP contribution >= 0.6 is 0 Å². The van der Waals surface area contributed by atoms with Gasteiger partial charge in [-0.15, -0.1) is 0 Å². The minimum atomic E-state index is -0.986. The first-order chi connectivity index (χ1) is 17.3. The number of methoxy groups -OCH3 is 1. The van der Waals surface area contributed by atoms with Crippen LogP contribution in [-0.4, -0.2) is 78.0 Å². The van der Waals surface area contributed by atoms with Crippen LogP contribution in [0.15, 0.2) is 48.0 Å². The number of ketones is 1. The Balaban J connectivity index is 1.70. The van der Waals surface area contributed by atoms with E-state index in [-0.39, 0.29) is 29.1 Å². The van der Waals surface area contributed by atoms with Crippen LogP contribution in [0, 0.1) is 15.9 Å². The molecule has 0 aromatic heterocycles. The van der Waals surface area contributed by atoms with Gasteiger partial charge in [0.2, 0.25) is 0 Å². The van der Waals surface area contributed by atoms with Gasteiger partial charge in [-0.1, -0.05) is 0 Å². The molecule has 2 heterocycles. The maximum atomic E-state index is 14.3. The maximum absolute atomic E-state index is 14.3. The van der Waals surface area contributed by atoms with Gasteiger partial charge >= 0.3 is 0 Å². The minimum absolute atomic E-state index is 0.00604. The average molecular weight is 499 g/mol. The number of aliphatic hydroxyl groups is 1. The summed E-state index contributed by atoms with van der Waals surface area (Å²) in [6, 6.07) is 8.18. The zero-order valence-corrected chi connectivity index (χ0v) is 19.7. The van der Waals surface area contributed by atoms with Gasteiger partial charge < -0.3 is 19.5 Å². The van der Waals surface area contributed by atoms with E-state index in [0.29, 0.717) is 31.7 Å².